The van der Waals surface area contributed by atoms with Gasteiger partial charge in [0.25, 0.3) is 0 Å². The number of hydrogen-bond acceptors (Lipinski definition) is 4. The van der Waals surface area contributed by atoms with Gasteiger partial charge in [-0.3, -0.25) is 9.69 Å². The molecule has 0 aromatic rings. The van der Waals surface area contributed by atoms with Crippen LogP contribution in [0.15, 0.2) is 0 Å². The Morgan fingerprint density at radius 2 is 2.25 bits per heavy atom. The molecule has 92 valence electrons. The minimum Gasteiger partial charge on any atom is -0.383 e. The van der Waals surface area contributed by atoms with E-state index in [1.54, 1.807) is 7.11 Å². The Hall–Kier alpha value is -1.12. The van der Waals surface area contributed by atoms with Crippen LogP contribution in [0.2, 0.25) is 0 Å². The average Bonchev–Trinajstić information content (AvgIpc) is 2.24. The number of nitrogens with one attached hydrogen (secondary N) is 1. The number of methoxy groups -OCH3 is 1. The fourth-order valence-corrected chi connectivity index (χ4v) is 1.25. The number of nitrogens with zero attached hydrogens (tertiary/aromatic N) is 2. The van der Waals surface area contributed by atoms with Gasteiger partial charge in [-0.1, -0.05) is 0 Å². The van der Waals surface area contributed by atoms with Crippen LogP contribution in [-0.2, 0) is 9.53 Å². The van der Waals surface area contributed by atoms with Crippen molar-refractivity contribution < 1.29 is 9.53 Å². The van der Waals surface area contributed by atoms with Crippen LogP contribution in [0.5, 0.6) is 0 Å². The van der Waals surface area contributed by atoms with Crippen LogP contribution in [0, 0.1) is 11.3 Å². The lowest BCUT2D eigenvalue weighted by molar-refractivity contribution is -0.122. The second-order valence-corrected chi connectivity index (χ2v) is 3.82. The zero-order valence-corrected chi connectivity index (χ0v) is 10.3. The van der Waals surface area contributed by atoms with E-state index in [2.05, 4.69) is 11.4 Å². The van der Waals surface area contributed by atoms with E-state index in [0.29, 0.717) is 32.7 Å². The van der Waals surface area contributed by atoms with Crippen molar-refractivity contribution in [2.75, 3.05) is 33.4 Å². The zero-order chi connectivity index (χ0) is 12.4. The molecule has 16 heavy (non-hydrogen) atoms. The fourth-order valence-electron chi connectivity index (χ4n) is 1.25. The van der Waals surface area contributed by atoms with Gasteiger partial charge in [0.1, 0.15) is 0 Å². The second-order valence-electron chi connectivity index (χ2n) is 3.82. The van der Waals surface area contributed by atoms with Gasteiger partial charge in [-0.15, -0.1) is 0 Å². The highest BCUT2D eigenvalue weighted by atomic mass is 16.5. The Morgan fingerprint density at radius 1 is 1.56 bits per heavy atom. The second kappa shape index (κ2) is 9.13. The molecule has 0 aromatic heterocycles. The van der Waals surface area contributed by atoms with E-state index in [1.165, 1.54) is 0 Å². The molecule has 0 aliphatic carbocycles. The maximum absolute atomic E-state index is 11.5. The predicted octanol–water partition coefficient (Wildman–Crippen LogP) is 0.373. The molecule has 1 amide bonds. The summed E-state index contributed by atoms with van der Waals surface area (Å²) in [5, 5.41) is 11.3. The molecule has 0 aromatic carbocycles. The number of carbonyl (C=O) groups excluding carboxylic acids is 1. The van der Waals surface area contributed by atoms with Crippen LogP contribution in [-0.4, -0.2) is 50.2 Å². The van der Waals surface area contributed by atoms with Gasteiger partial charge in [-0.05, 0) is 13.8 Å². The highest BCUT2D eigenvalue weighted by Crippen LogP contribution is 1.98. The van der Waals surface area contributed by atoms with Gasteiger partial charge in [0.15, 0.2) is 0 Å². The Bertz CT molecular complexity index is 236. The minimum absolute atomic E-state index is 0.0244. The first-order valence-corrected chi connectivity index (χ1v) is 5.48. The Balaban J connectivity index is 3.89. The molecule has 0 spiro atoms. The van der Waals surface area contributed by atoms with E-state index in [1.807, 2.05) is 18.7 Å². The third kappa shape index (κ3) is 7.21. The van der Waals surface area contributed by atoms with Crippen molar-refractivity contribution >= 4 is 5.91 Å². The maximum atomic E-state index is 11.5. The van der Waals surface area contributed by atoms with Crippen LogP contribution >= 0.6 is 0 Å². The number of nitriles is 1. The first-order valence-electron chi connectivity index (χ1n) is 5.48. The topological polar surface area (TPSA) is 65.4 Å². The first-order chi connectivity index (χ1) is 7.61. The van der Waals surface area contributed by atoms with Gasteiger partial charge in [0.05, 0.1) is 19.2 Å². The standard InChI is InChI=1S/C11H21N3O2/c1-10(2)14(7-4-5-12)9-11(15)13-6-8-16-3/h10H,4,6-9H2,1-3H3,(H,13,15). The highest BCUT2D eigenvalue weighted by Gasteiger charge is 2.12. The molecule has 0 saturated carbocycles. The number of hydrogen-bond donors (Lipinski definition) is 1. The molecule has 0 fully saturated rings. The lowest BCUT2D eigenvalue weighted by atomic mass is 10.3. The van der Waals surface area contributed by atoms with E-state index in [9.17, 15) is 4.79 Å². The van der Waals surface area contributed by atoms with Gasteiger partial charge < -0.3 is 10.1 Å². The molecular formula is C11H21N3O2. The number of rotatable bonds is 8. The molecule has 0 radical (unpaired) electrons. The van der Waals surface area contributed by atoms with Gasteiger partial charge in [-0.25, -0.2) is 0 Å². The summed E-state index contributed by atoms with van der Waals surface area (Å²) < 4.78 is 4.84. The van der Waals surface area contributed by atoms with Crippen LogP contribution in [0.25, 0.3) is 0 Å². The summed E-state index contributed by atoms with van der Waals surface area (Å²) in [6, 6.07) is 2.35. The molecule has 5 nitrogen and oxygen atoms in total. The monoisotopic (exact) mass is 227 g/mol. The molecule has 0 rings (SSSR count). The van der Waals surface area contributed by atoms with E-state index >= 15 is 0 Å². The lowest BCUT2D eigenvalue weighted by Crippen LogP contribution is -2.42. The van der Waals surface area contributed by atoms with Crippen molar-refractivity contribution in [2.45, 2.75) is 26.3 Å². The van der Waals surface area contributed by atoms with Gasteiger partial charge in [0, 0.05) is 32.7 Å². The Labute approximate surface area is 97.4 Å². The molecule has 0 bridgehead atoms. The van der Waals surface area contributed by atoms with E-state index in [0.717, 1.165) is 0 Å². The average molecular weight is 227 g/mol. The van der Waals surface area contributed by atoms with Gasteiger partial charge >= 0.3 is 0 Å². The van der Waals surface area contributed by atoms with Crippen molar-refractivity contribution in [2.24, 2.45) is 0 Å². The molecule has 1 N–H and O–H groups in total. The summed E-state index contributed by atoms with van der Waals surface area (Å²) in [5.41, 5.74) is 0. The molecule has 0 aliphatic rings. The summed E-state index contributed by atoms with van der Waals surface area (Å²) in [5.74, 6) is -0.0244. The molecule has 0 atom stereocenters. The van der Waals surface area contributed by atoms with Crippen LogP contribution in [0.3, 0.4) is 0 Å². The number of amides is 1. The largest absolute Gasteiger partial charge is 0.383 e. The van der Waals surface area contributed by atoms with E-state index < -0.39 is 0 Å². The van der Waals surface area contributed by atoms with Gasteiger partial charge in [-0.2, -0.15) is 5.26 Å². The molecule has 0 heterocycles. The Morgan fingerprint density at radius 3 is 2.75 bits per heavy atom. The molecule has 0 unspecified atom stereocenters. The van der Waals surface area contributed by atoms with Crippen molar-refractivity contribution in [1.82, 2.24) is 10.2 Å². The third-order valence-electron chi connectivity index (χ3n) is 2.22. The molecule has 0 saturated heterocycles. The van der Waals surface area contributed by atoms with Crippen LogP contribution in [0.1, 0.15) is 20.3 Å². The Kier molecular flexibility index (Phi) is 8.49. The van der Waals surface area contributed by atoms with Crippen LogP contribution in [0.4, 0.5) is 0 Å². The van der Waals surface area contributed by atoms with E-state index in [-0.39, 0.29) is 11.9 Å². The maximum Gasteiger partial charge on any atom is 0.234 e. The summed E-state index contributed by atoms with van der Waals surface area (Å²) in [4.78, 5) is 13.5. The van der Waals surface area contributed by atoms with Crippen molar-refractivity contribution in [3.8, 4) is 6.07 Å². The first kappa shape index (κ1) is 14.9. The highest BCUT2D eigenvalue weighted by molar-refractivity contribution is 5.78. The number of ether oxygens (including phenoxy) is 1. The fraction of sp³-hybridized carbons (Fsp3) is 0.818. The summed E-state index contributed by atoms with van der Waals surface area (Å²) in [6.45, 7) is 6.04. The SMILES string of the molecule is COCCNC(=O)CN(CCC#N)C(C)C. The zero-order valence-electron chi connectivity index (χ0n) is 10.3. The summed E-state index contributed by atoms with van der Waals surface area (Å²) >= 11 is 0. The van der Waals surface area contributed by atoms with Crippen molar-refractivity contribution in [1.29, 1.82) is 5.26 Å². The predicted molar refractivity (Wildman–Crippen MR) is 61.8 cm³/mol. The minimum atomic E-state index is -0.0244. The van der Waals surface area contributed by atoms with Crippen LogP contribution < -0.4 is 5.32 Å². The van der Waals surface area contributed by atoms with Crippen molar-refractivity contribution in [3.63, 3.8) is 0 Å². The quantitative estimate of drug-likeness (QED) is 0.609. The molecule has 0 aliphatic heterocycles. The summed E-state index contributed by atoms with van der Waals surface area (Å²) in [7, 11) is 1.60. The third-order valence-corrected chi connectivity index (χ3v) is 2.22. The normalized spacial score (nSPS) is 10.5. The summed E-state index contributed by atoms with van der Waals surface area (Å²) in [6.07, 6.45) is 0.448. The van der Waals surface area contributed by atoms with E-state index in [4.69, 9.17) is 10.00 Å². The molecule has 5 heteroatoms. The van der Waals surface area contributed by atoms with Crippen molar-refractivity contribution in [3.05, 3.63) is 0 Å². The smallest absolute Gasteiger partial charge is 0.234 e. The number of carbonyl (C=O) groups is 1. The molecular weight excluding hydrogens is 206 g/mol. The lowest BCUT2D eigenvalue weighted by Gasteiger charge is -2.24. The van der Waals surface area contributed by atoms with Gasteiger partial charge in [0.2, 0.25) is 5.91 Å².